The van der Waals surface area contributed by atoms with Crippen molar-refractivity contribution in [2.45, 2.75) is 19.8 Å². The minimum atomic E-state index is -0.355. The molecule has 0 bridgehead atoms. The average Bonchev–Trinajstić information content (AvgIpc) is 2.54. The van der Waals surface area contributed by atoms with Crippen LogP contribution in [0.25, 0.3) is 0 Å². The van der Waals surface area contributed by atoms with E-state index in [-0.39, 0.29) is 23.8 Å². The van der Waals surface area contributed by atoms with E-state index in [9.17, 15) is 9.59 Å². The molecule has 3 N–H and O–H groups in total. The monoisotopic (exact) mass is 357 g/mol. The molecule has 0 spiro atoms. The van der Waals surface area contributed by atoms with E-state index in [1.807, 2.05) is 0 Å². The van der Waals surface area contributed by atoms with Crippen molar-refractivity contribution in [1.82, 2.24) is 16.0 Å². The second-order valence-electron chi connectivity index (χ2n) is 6.15. The highest BCUT2D eigenvalue weighted by Crippen LogP contribution is 2.26. The SMILES string of the molecule is CC1(CNC(=O)CNC(=O)c2ccc(Cl)c(Cl)c2)CCNCC1. The highest BCUT2D eigenvalue weighted by Gasteiger charge is 2.26. The van der Waals surface area contributed by atoms with E-state index in [1.165, 1.54) is 6.07 Å². The van der Waals surface area contributed by atoms with Gasteiger partial charge < -0.3 is 16.0 Å². The summed E-state index contributed by atoms with van der Waals surface area (Å²) in [7, 11) is 0. The number of hydrogen-bond acceptors (Lipinski definition) is 3. The average molecular weight is 358 g/mol. The molecule has 7 heteroatoms. The lowest BCUT2D eigenvalue weighted by atomic mass is 9.81. The van der Waals surface area contributed by atoms with Crippen LogP contribution in [-0.4, -0.2) is 38.0 Å². The fraction of sp³-hybridized carbons (Fsp3) is 0.500. The summed E-state index contributed by atoms with van der Waals surface area (Å²) < 4.78 is 0. The standard InChI is InChI=1S/C16H21Cl2N3O2/c1-16(4-6-19-7-5-16)10-21-14(22)9-20-15(23)11-2-3-12(17)13(18)8-11/h2-3,8,19H,4-7,9-10H2,1H3,(H,20,23)(H,21,22). The molecule has 1 aromatic rings. The normalized spacial score (nSPS) is 16.7. The van der Waals surface area contributed by atoms with Gasteiger partial charge in [-0.15, -0.1) is 0 Å². The van der Waals surface area contributed by atoms with Gasteiger partial charge in [-0.2, -0.15) is 0 Å². The largest absolute Gasteiger partial charge is 0.354 e. The summed E-state index contributed by atoms with van der Waals surface area (Å²) in [5.41, 5.74) is 0.492. The second-order valence-corrected chi connectivity index (χ2v) is 6.96. The third-order valence-electron chi connectivity index (χ3n) is 4.11. The number of rotatable bonds is 5. The van der Waals surface area contributed by atoms with Crippen molar-refractivity contribution in [3.05, 3.63) is 33.8 Å². The topological polar surface area (TPSA) is 70.2 Å². The van der Waals surface area contributed by atoms with Gasteiger partial charge >= 0.3 is 0 Å². The Kier molecular flexibility index (Phi) is 6.27. The zero-order chi connectivity index (χ0) is 16.9. The van der Waals surface area contributed by atoms with E-state index in [0.717, 1.165) is 25.9 Å². The molecule has 1 aliphatic heterocycles. The Labute approximate surface area is 146 Å². The van der Waals surface area contributed by atoms with Crippen LogP contribution in [0.4, 0.5) is 0 Å². The third kappa shape index (κ3) is 5.37. The van der Waals surface area contributed by atoms with Crippen LogP contribution in [0, 0.1) is 5.41 Å². The van der Waals surface area contributed by atoms with Crippen LogP contribution in [0.15, 0.2) is 18.2 Å². The number of carbonyl (C=O) groups is 2. The Morgan fingerprint density at radius 3 is 2.52 bits per heavy atom. The molecule has 1 aliphatic rings. The molecule has 0 atom stereocenters. The Morgan fingerprint density at radius 2 is 1.87 bits per heavy atom. The van der Waals surface area contributed by atoms with Gasteiger partial charge in [-0.3, -0.25) is 9.59 Å². The van der Waals surface area contributed by atoms with E-state index < -0.39 is 0 Å². The van der Waals surface area contributed by atoms with Crippen LogP contribution >= 0.6 is 23.2 Å². The number of amides is 2. The van der Waals surface area contributed by atoms with Crippen LogP contribution in [0.1, 0.15) is 30.1 Å². The Balaban J connectivity index is 1.77. The molecule has 0 aliphatic carbocycles. The maximum absolute atomic E-state index is 12.0. The fourth-order valence-corrected chi connectivity index (χ4v) is 2.78. The van der Waals surface area contributed by atoms with E-state index in [2.05, 4.69) is 22.9 Å². The molecule has 0 unspecified atom stereocenters. The summed E-state index contributed by atoms with van der Waals surface area (Å²) in [5, 5.41) is 9.47. The Hall–Kier alpha value is -1.30. The molecule has 1 heterocycles. The van der Waals surface area contributed by atoms with Gasteiger partial charge in [-0.05, 0) is 49.5 Å². The number of halogens is 2. The van der Waals surface area contributed by atoms with Crippen LogP contribution < -0.4 is 16.0 Å². The quantitative estimate of drug-likeness (QED) is 0.756. The summed E-state index contributed by atoms with van der Waals surface area (Å²) >= 11 is 11.7. The van der Waals surface area contributed by atoms with Crippen LogP contribution in [-0.2, 0) is 4.79 Å². The second kappa shape index (κ2) is 7.99. The molecule has 1 saturated heterocycles. The maximum Gasteiger partial charge on any atom is 0.251 e. The third-order valence-corrected chi connectivity index (χ3v) is 4.85. The molecule has 0 radical (unpaired) electrons. The first-order valence-corrected chi connectivity index (χ1v) is 8.36. The van der Waals surface area contributed by atoms with Crippen LogP contribution in [0.2, 0.25) is 10.0 Å². The molecule has 2 amide bonds. The first kappa shape index (κ1) is 18.0. The lowest BCUT2D eigenvalue weighted by Crippen LogP contribution is -2.45. The molecular weight excluding hydrogens is 337 g/mol. The summed E-state index contributed by atoms with van der Waals surface area (Å²) in [6, 6.07) is 4.60. The highest BCUT2D eigenvalue weighted by atomic mass is 35.5. The van der Waals surface area contributed by atoms with Gasteiger partial charge in [0.1, 0.15) is 0 Å². The van der Waals surface area contributed by atoms with Gasteiger partial charge in [-0.1, -0.05) is 30.1 Å². The van der Waals surface area contributed by atoms with E-state index in [1.54, 1.807) is 12.1 Å². The maximum atomic E-state index is 12.0. The Bertz CT molecular complexity index is 587. The molecule has 0 aromatic heterocycles. The summed E-state index contributed by atoms with van der Waals surface area (Å²) in [4.78, 5) is 23.9. The first-order chi connectivity index (χ1) is 10.9. The number of carbonyl (C=O) groups excluding carboxylic acids is 2. The first-order valence-electron chi connectivity index (χ1n) is 7.60. The number of nitrogens with one attached hydrogen (secondary N) is 3. The zero-order valence-corrected chi connectivity index (χ0v) is 14.6. The lowest BCUT2D eigenvalue weighted by Gasteiger charge is -2.34. The minimum Gasteiger partial charge on any atom is -0.354 e. The molecule has 0 saturated carbocycles. The summed E-state index contributed by atoms with van der Waals surface area (Å²) in [6.07, 6.45) is 2.06. The summed E-state index contributed by atoms with van der Waals surface area (Å²) in [5.74, 6) is -0.551. The molecule has 5 nitrogen and oxygen atoms in total. The number of hydrogen-bond donors (Lipinski definition) is 3. The summed E-state index contributed by atoms with van der Waals surface area (Å²) in [6.45, 7) is 4.67. The Morgan fingerprint density at radius 1 is 1.17 bits per heavy atom. The van der Waals surface area contributed by atoms with Crippen molar-refractivity contribution >= 4 is 35.0 Å². The molecule has 2 rings (SSSR count). The van der Waals surface area contributed by atoms with Crippen LogP contribution in [0.3, 0.4) is 0 Å². The van der Waals surface area contributed by atoms with Crippen molar-refractivity contribution in [2.24, 2.45) is 5.41 Å². The van der Waals surface area contributed by atoms with Crippen molar-refractivity contribution in [3.8, 4) is 0 Å². The van der Waals surface area contributed by atoms with Gasteiger partial charge in [0, 0.05) is 12.1 Å². The van der Waals surface area contributed by atoms with Crippen molar-refractivity contribution in [1.29, 1.82) is 0 Å². The minimum absolute atomic E-state index is 0.0621. The van der Waals surface area contributed by atoms with Crippen LogP contribution in [0.5, 0.6) is 0 Å². The molecule has 1 fully saturated rings. The smallest absolute Gasteiger partial charge is 0.251 e. The predicted molar refractivity (Wildman–Crippen MR) is 92.0 cm³/mol. The molecule has 23 heavy (non-hydrogen) atoms. The molecule has 126 valence electrons. The van der Waals surface area contributed by atoms with Gasteiger partial charge in [0.15, 0.2) is 0 Å². The van der Waals surface area contributed by atoms with E-state index in [0.29, 0.717) is 22.2 Å². The van der Waals surface area contributed by atoms with Gasteiger partial charge in [0.2, 0.25) is 5.91 Å². The van der Waals surface area contributed by atoms with Crippen molar-refractivity contribution in [3.63, 3.8) is 0 Å². The zero-order valence-electron chi connectivity index (χ0n) is 13.0. The fourth-order valence-electron chi connectivity index (χ4n) is 2.48. The molecular formula is C16H21Cl2N3O2. The number of benzene rings is 1. The highest BCUT2D eigenvalue weighted by molar-refractivity contribution is 6.42. The molecule has 1 aromatic carbocycles. The number of piperidine rings is 1. The van der Waals surface area contributed by atoms with E-state index >= 15 is 0 Å². The van der Waals surface area contributed by atoms with Gasteiger partial charge in [-0.25, -0.2) is 0 Å². The van der Waals surface area contributed by atoms with Crippen molar-refractivity contribution < 1.29 is 9.59 Å². The lowest BCUT2D eigenvalue weighted by molar-refractivity contribution is -0.120. The van der Waals surface area contributed by atoms with Gasteiger partial charge in [0.05, 0.1) is 16.6 Å². The predicted octanol–water partition coefficient (Wildman–Crippen LogP) is 2.23. The van der Waals surface area contributed by atoms with E-state index in [4.69, 9.17) is 23.2 Å². The van der Waals surface area contributed by atoms with Gasteiger partial charge in [0.25, 0.3) is 5.91 Å². The van der Waals surface area contributed by atoms with Crippen molar-refractivity contribution in [2.75, 3.05) is 26.2 Å².